The Hall–Kier alpha value is -3.68. The number of allylic oxidation sites excluding steroid dienone is 1. The zero-order valence-corrected chi connectivity index (χ0v) is 20.8. The maximum atomic E-state index is 3.77. The lowest BCUT2D eigenvalue weighted by Gasteiger charge is -2.19. The van der Waals surface area contributed by atoms with Gasteiger partial charge in [0.05, 0.1) is 0 Å². The molecule has 1 heteroatoms. The fraction of sp³-hybridized carbons (Fsp3) is 0.0588. The van der Waals surface area contributed by atoms with Gasteiger partial charge >= 0.3 is 0 Å². The van der Waals surface area contributed by atoms with Gasteiger partial charge in [0, 0.05) is 4.47 Å². The second-order valence-corrected chi connectivity index (χ2v) is 10.3. The number of halogens is 1. The predicted octanol–water partition coefficient (Wildman–Crippen LogP) is 10.2. The van der Waals surface area contributed by atoms with E-state index in [9.17, 15) is 0 Å². The van der Waals surface area contributed by atoms with E-state index in [2.05, 4.69) is 131 Å². The highest BCUT2D eigenvalue weighted by Crippen LogP contribution is 2.45. The lowest BCUT2D eigenvalue weighted by atomic mass is 9.84. The Morgan fingerprint density at radius 3 is 2.09 bits per heavy atom. The first-order valence-corrected chi connectivity index (χ1v) is 13.0. The molecule has 6 aromatic carbocycles. The first kappa shape index (κ1) is 20.7. The van der Waals surface area contributed by atoms with Crippen molar-refractivity contribution >= 4 is 54.3 Å². The molecule has 35 heavy (non-hydrogen) atoms. The van der Waals surface area contributed by atoms with Crippen molar-refractivity contribution in [1.82, 2.24) is 0 Å². The molecule has 0 N–H and O–H groups in total. The van der Waals surface area contributed by atoms with Gasteiger partial charge in [0.2, 0.25) is 0 Å². The van der Waals surface area contributed by atoms with E-state index in [0.29, 0.717) is 0 Å². The smallest absolute Gasteiger partial charge is 0.0181 e. The van der Waals surface area contributed by atoms with Crippen LogP contribution in [-0.2, 0) is 6.42 Å². The average Bonchev–Trinajstić information content (AvgIpc) is 2.91. The standard InChI is InChI=1S/C34H23Br/c35-28-17-18-31-32(21-28)34(27-16-14-23-8-2-4-10-25(23)20-27)30-12-6-5-11-29(30)33(31)26-15-13-22-7-1-3-9-24(22)19-26/h1-3,5-9,11-21H,4,10H2. The van der Waals surface area contributed by atoms with Gasteiger partial charge in [0.25, 0.3) is 0 Å². The minimum atomic E-state index is 1.10. The first-order chi connectivity index (χ1) is 17.3. The van der Waals surface area contributed by atoms with Crippen LogP contribution < -0.4 is 0 Å². The molecular weight excluding hydrogens is 488 g/mol. The summed E-state index contributed by atoms with van der Waals surface area (Å²) in [6.07, 6.45) is 6.76. The zero-order chi connectivity index (χ0) is 23.4. The molecule has 0 unspecified atom stereocenters. The van der Waals surface area contributed by atoms with Crippen molar-refractivity contribution < 1.29 is 0 Å². The van der Waals surface area contributed by atoms with E-state index in [1.54, 1.807) is 0 Å². The van der Waals surface area contributed by atoms with Gasteiger partial charge in [0.1, 0.15) is 0 Å². The van der Waals surface area contributed by atoms with Crippen LogP contribution in [0.3, 0.4) is 0 Å². The lowest BCUT2D eigenvalue weighted by Crippen LogP contribution is -1.96. The minimum Gasteiger partial charge on any atom is -0.0836 e. The molecule has 0 nitrogen and oxygen atoms in total. The molecule has 166 valence electrons. The number of hydrogen-bond donors (Lipinski definition) is 0. The van der Waals surface area contributed by atoms with Gasteiger partial charge in [-0.2, -0.15) is 0 Å². The Labute approximate surface area is 213 Å². The van der Waals surface area contributed by atoms with Crippen LogP contribution in [0.5, 0.6) is 0 Å². The van der Waals surface area contributed by atoms with Crippen LogP contribution in [0.2, 0.25) is 0 Å². The summed E-state index contributed by atoms with van der Waals surface area (Å²) in [5.41, 5.74) is 7.97. The number of rotatable bonds is 2. The molecule has 0 fully saturated rings. The van der Waals surface area contributed by atoms with Gasteiger partial charge in [-0.05, 0) is 96.7 Å². The molecule has 0 aliphatic heterocycles. The summed E-state index contributed by atoms with van der Waals surface area (Å²) < 4.78 is 1.10. The molecule has 6 aromatic rings. The van der Waals surface area contributed by atoms with Gasteiger partial charge in [0.15, 0.2) is 0 Å². The lowest BCUT2D eigenvalue weighted by molar-refractivity contribution is 0.986. The third kappa shape index (κ3) is 3.42. The van der Waals surface area contributed by atoms with Crippen LogP contribution in [-0.4, -0.2) is 0 Å². The second kappa shape index (κ2) is 8.22. The molecule has 0 aromatic heterocycles. The molecule has 0 atom stereocenters. The summed E-state index contributed by atoms with van der Waals surface area (Å²) >= 11 is 3.77. The zero-order valence-electron chi connectivity index (χ0n) is 19.3. The fourth-order valence-electron chi connectivity index (χ4n) is 5.71. The third-order valence-corrected chi connectivity index (χ3v) is 7.83. The Kier molecular flexibility index (Phi) is 4.85. The summed E-state index contributed by atoms with van der Waals surface area (Å²) in [5, 5.41) is 7.71. The van der Waals surface area contributed by atoms with Crippen LogP contribution in [0.25, 0.3) is 60.6 Å². The molecular formula is C34H23Br. The summed E-state index contributed by atoms with van der Waals surface area (Å²) in [6, 6.07) is 38.1. The third-order valence-electron chi connectivity index (χ3n) is 7.33. The molecule has 0 amide bonds. The Morgan fingerprint density at radius 1 is 0.543 bits per heavy atom. The van der Waals surface area contributed by atoms with Gasteiger partial charge in [-0.25, -0.2) is 0 Å². The monoisotopic (exact) mass is 510 g/mol. The van der Waals surface area contributed by atoms with Gasteiger partial charge in [-0.3, -0.25) is 0 Å². The Balaban J connectivity index is 1.60. The van der Waals surface area contributed by atoms with Crippen molar-refractivity contribution in [2.75, 3.05) is 0 Å². The number of hydrogen-bond acceptors (Lipinski definition) is 0. The predicted molar refractivity (Wildman–Crippen MR) is 155 cm³/mol. The van der Waals surface area contributed by atoms with E-state index >= 15 is 0 Å². The van der Waals surface area contributed by atoms with Crippen molar-refractivity contribution in [3.63, 3.8) is 0 Å². The molecule has 0 saturated heterocycles. The molecule has 0 saturated carbocycles. The highest BCUT2D eigenvalue weighted by molar-refractivity contribution is 9.10. The van der Waals surface area contributed by atoms with E-state index in [4.69, 9.17) is 0 Å². The second-order valence-electron chi connectivity index (χ2n) is 9.40. The van der Waals surface area contributed by atoms with Crippen molar-refractivity contribution in [3.8, 4) is 22.3 Å². The van der Waals surface area contributed by atoms with Crippen molar-refractivity contribution in [2.24, 2.45) is 0 Å². The number of fused-ring (bicyclic) bond motifs is 4. The average molecular weight is 511 g/mol. The van der Waals surface area contributed by atoms with Crippen molar-refractivity contribution in [3.05, 3.63) is 125 Å². The molecule has 0 heterocycles. The Morgan fingerprint density at radius 2 is 1.23 bits per heavy atom. The van der Waals surface area contributed by atoms with Crippen molar-refractivity contribution in [2.45, 2.75) is 12.8 Å². The van der Waals surface area contributed by atoms with Crippen LogP contribution in [0, 0.1) is 0 Å². The molecule has 7 rings (SSSR count). The van der Waals surface area contributed by atoms with Gasteiger partial charge < -0.3 is 0 Å². The SMILES string of the molecule is Brc1ccc2c(-c3ccc4ccccc4c3)c3ccccc3c(-c3ccc4c(c3)CCC=C4)c2c1. The normalized spacial score (nSPS) is 12.9. The Bertz CT molecular complexity index is 1810. The summed E-state index contributed by atoms with van der Waals surface area (Å²) in [6.45, 7) is 0. The quantitative estimate of drug-likeness (QED) is 0.203. The first-order valence-electron chi connectivity index (χ1n) is 12.2. The molecule has 0 radical (unpaired) electrons. The molecule has 0 spiro atoms. The van der Waals surface area contributed by atoms with E-state index in [0.717, 1.165) is 17.3 Å². The number of benzene rings is 6. The van der Waals surface area contributed by atoms with Gasteiger partial charge in [-0.1, -0.05) is 113 Å². The number of aryl methyl sites for hydroxylation is 1. The summed E-state index contributed by atoms with van der Waals surface area (Å²) in [5.74, 6) is 0. The van der Waals surface area contributed by atoms with E-state index in [1.165, 1.54) is 65.7 Å². The highest BCUT2D eigenvalue weighted by Gasteiger charge is 2.18. The van der Waals surface area contributed by atoms with E-state index < -0.39 is 0 Å². The molecule has 1 aliphatic rings. The van der Waals surface area contributed by atoms with Crippen LogP contribution >= 0.6 is 15.9 Å². The fourth-order valence-corrected chi connectivity index (χ4v) is 6.07. The topological polar surface area (TPSA) is 0 Å². The van der Waals surface area contributed by atoms with Crippen LogP contribution in [0.1, 0.15) is 17.5 Å². The minimum absolute atomic E-state index is 1.10. The van der Waals surface area contributed by atoms with E-state index in [-0.39, 0.29) is 0 Å². The maximum Gasteiger partial charge on any atom is 0.0181 e. The molecule has 0 bridgehead atoms. The largest absolute Gasteiger partial charge is 0.0836 e. The highest BCUT2D eigenvalue weighted by atomic mass is 79.9. The van der Waals surface area contributed by atoms with Gasteiger partial charge in [-0.15, -0.1) is 0 Å². The summed E-state index contributed by atoms with van der Waals surface area (Å²) in [7, 11) is 0. The molecule has 1 aliphatic carbocycles. The van der Waals surface area contributed by atoms with Crippen LogP contribution in [0.15, 0.2) is 114 Å². The van der Waals surface area contributed by atoms with Crippen molar-refractivity contribution in [1.29, 1.82) is 0 Å². The van der Waals surface area contributed by atoms with Crippen LogP contribution in [0.4, 0.5) is 0 Å². The van der Waals surface area contributed by atoms with E-state index in [1.807, 2.05) is 0 Å². The summed E-state index contributed by atoms with van der Waals surface area (Å²) in [4.78, 5) is 0. The maximum absolute atomic E-state index is 3.77.